The zero-order chi connectivity index (χ0) is 32.9. The fourth-order valence-corrected chi connectivity index (χ4v) is 6.71. The second kappa shape index (κ2) is 11.2. The molecule has 9 aromatic rings. The Kier molecular flexibility index (Phi) is 6.43. The van der Waals surface area contributed by atoms with Crippen molar-refractivity contribution in [1.29, 1.82) is 10.5 Å². The monoisotopic (exact) mass is 626 g/mol. The van der Waals surface area contributed by atoms with E-state index in [1.165, 1.54) is 0 Å². The van der Waals surface area contributed by atoms with E-state index in [0.717, 1.165) is 88.5 Å². The molecule has 0 spiro atoms. The van der Waals surface area contributed by atoms with Gasteiger partial charge in [0.05, 0.1) is 22.8 Å². The minimum Gasteiger partial charge on any atom is -0.456 e. The highest BCUT2D eigenvalue weighted by Crippen LogP contribution is 2.44. The summed E-state index contributed by atoms with van der Waals surface area (Å²) in [6.45, 7) is 0. The average molecular weight is 627 g/mol. The van der Waals surface area contributed by atoms with Crippen LogP contribution in [-0.2, 0) is 0 Å². The molecule has 0 bridgehead atoms. The third kappa shape index (κ3) is 4.66. The normalized spacial score (nSPS) is 11.2. The Morgan fingerprint density at radius 1 is 0.449 bits per heavy atom. The molecular formula is C42H22N6O. The van der Waals surface area contributed by atoms with Crippen molar-refractivity contribution in [2.24, 2.45) is 0 Å². The van der Waals surface area contributed by atoms with Crippen molar-refractivity contribution in [3.05, 3.63) is 145 Å². The Morgan fingerprint density at radius 2 is 0.878 bits per heavy atom. The van der Waals surface area contributed by atoms with Gasteiger partial charge in [-0.25, -0.2) is 19.9 Å². The number of furan rings is 1. The van der Waals surface area contributed by atoms with Crippen molar-refractivity contribution in [3.8, 4) is 57.2 Å². The fraction of sp³-hybridized carbons (Fsp3) is 0. The Labute approximate surface area is 280 Å². The van der Waals surface area contributed by atoms with Crippen LogP contribution in [0.15, 0.2) is 138 Å². The molecular weight excluding hydrogens is 605 g/mol. The van der Waals surface area contributed by atoms with E-state index >= 15 is 0 Å². The number of nitrogens with zero attached hydrogens (tertiary/aromatic N) is 6. The maximum absolute atomic E-state index is 9.39. The highest BCUT2D eigenvalue weighted by atomic mass is 16.3. The summed E-state index contributed by atoms with van der Waals surface area (Å²) in [5.74, 6) is 0. The van der Waals surface area contributed by atoms with Gasteiger partial charge in [-0.3, -0.25) is 0 Å². The van der Waals surface area contributed by atoms with Crippen LogP contribution in [0, 0.1) is 22.7 Å². The zero-order valence-corrected chi connectivity index (χ0v) is 25.8. The molecule has 0 amide bonds. The largest absolute Gasteiger partial charge is 0.456 e. The van der Waals surface area contributed by atoms with Crippen LogP contribution in [0.3, 0.4) is 0 Å². The average Bonchev–Trinajstić information content (AvgIpc) is 3.56. The van der Waals surface area contributed by atoms with Gasteiger partial charge in [-0.1, -0.05) is 60.7 Å². The van der Waals surface area contributed by atoms with Gasteiger partial charge in [-0.05, 0) is 82.2 Å². The van der Waals surface area contributed by atoms with E-state index < -0.39 is 0 Å². The van der Waals surface area contributed by atoms with Crippen LogP contribution >= 0.6 is 0 Å². The molecule has 5 heterocycles. The lowest BCUT2D eigenvalue weighted by atomic mass is 9.93. The number of benzene rings is 4. The number of fused-ring (bicyclic) bond motifs is 7. The lowest BCUT2D eigenvalue weighted by Crippen LogP contribution is -1.91. The molecule has 5 aromatic heterocycles. The SMILES string of the molecule is N#Cc1cc(-c2cccc(-c3cc4oc5cc(-c6cccc(-c7ccnc(C#N)c7)n6)c6ccccc6c5c4c4ccccc34)n2)ccn1. The molecule has 0 aliphatic rings. The molecule has 0 radical (unpaired) electrons. The van der Waals surface area contributed by atoms with Crippen molar-refractivity contribution in [3.63, 3.8) is 0 Å². The molecule has 49 heavy (non-hydrogen) atoms. The summed E-state index contributed by atoms with van der Waals surface area (Å²) in [6.07, 6.45) is 3.26. The lowest BCUT2D eigenvalue weighted by molar-refractivity contribution is 0.669. The van der Waals surface area contributed by atoms with Crippen LogP contribution in [0.25, 0.3) is 88.5 Å². The summed E-state index contributed by atoms with van der Waals surface area (Å²) in [6, 6.07) is 44.2. The maximum atomic E-state index is 9.39. The highest BCUT2D eigenvalue weighted by molar-refractivity contribution is 6.29. The molecule has 0 aliphatic heterocycles. The second-order valence-electron chi connectivity index (χ2n) is 11.7. The number of rotatable bonds is 4. The summed E-state index contributed by atoms with van der Waals surface area (Å²) in [7, 11) is 0. The zero-order valence-electron chi connectivity index (χ0n) is 25.8. The minimum absolute atomic E-state index is 0.345. The van der Waals surface area contributed by atoms with E-state index in [9.17, 15) is 10.5 Å². The molecule has 0 aliphatic carbocycles. The molecule has 0 unspecified atom stereocenters. The molecule has 0 saturated carbocycles. The van der Waals surface area contributed by atoms with Crippen LogP contribution in [0.2, 0.25) is 0 Å². The van der Waals surface area contributed by atoms with E-state index in [1.807, 2.05) is 60.7 Å². The standard InChI is InChI=1S/C42H22N6O/c43-23-27-19-25(15-17-45-27)35-11-5-13-37(47-35)33-21-39-41(31-9-3-1-7-29(31)33)42-32-10-4-2-8-30(32)34(22-40(42)49-39)38-14-6-12-36(48-38)26-16-18-46-28(20-26)24-44/h1-22H. The Bertz CT molecular complexity index is 2680. The quantitative estimate of drug-likeness (QED) is 0.191. The van der Waals surface area contributed by atoms with Gasteiger partial charge < -0.3 is 4.42 Å². The van der Waals surface area contributed by atoms with Gasteiger partial charge in [0, 0.05) is 45.4 Å². The van der Waals surface area contributed by atoms with E-state index in [4.69, 9.17) is 14.4 Å². The predicted molar refractivity (Wildman–Crippen MR) is 191 cm³/mol. The van der Waals surface area contributed by atoms with Crippen LogP contribution in [0.5, 0.6) is 0 Å². The minimum atomic E-state index is 0.345. The van der Waals surface area contributed by atoms with Gasteiger partial charge in [0.15, 0.2) is 0 Å². The van der Waals surface area contributed by atoms with Crippen LogP contribution < -0.4 is 0 Å². The first-order chi connectivity index (χ1) is 24.2. The molecule has 0 saturated heterocycles. The molecule has 7 nitrogen and oxygen atoms in total. The molecule has 7 heteroatoms. The molecule has 9 rings (SSSR count). The number of pyridine rings is 4. The number of nitriles is 2. The van der Waals surface area contributed by atoms with Crippen LogP contribution in [0.4, 0.5) is 0 Å². The first kappa shape index (κ1) is 28.0. The van der Waals surface area contributed by atoms with Crippen molar-refractivity contribution in [2.45, 2.75) is 0 Å². The first-order valence-electron chi connectivity index (χ1n) is 15.7. The van der Waals surface area contributed by atoms with Crippen molar-refractivity contribution in [1.82, 2.24) is 19.9 Å². The van der Waals surface area contributed by atoms with Crippen LogP contribution in [-0.4, -0.2) is 19.9 Å². The first-order valence-corrected chi connectivity index (χ1v) is 15.7. The van der Waals surface area contributed by atoms with Gasteiger partial charge in [0.2, 0.25) is 0 Å². The Balaban J connectivity index is 1.27. The summed E-state index contributed by atoms with van der Waals surface area (Å²) in [5.41, 5.74) is 8.88. The Morgan fingerprint density at radius 3 is 1.33 bits per heavy atom. The maximum Gasteiger partial charge on any atom is 0.141 e. The fourth-order valence-electron chi connectivity index (χ4n) is 6.71. The number of hydrogen-bond donors (Lipinski definition) is 0. The second-order valence-corrected chi connectivity index (χ2v) is 11.7. The molecule has 0 atom stereocenters. The van der Waals surface area contributed by atoms with E-state index in [-0.39, 0.29) is 0 Å². The molecule has 226 valence electrons. The van der Waals surface area contributed by atoms with Gasteiger partial charge in [0.25, 0.3) is 0 Å². The Hall–Kier alpha value is -7.22. The van der Waals surface area contributed by atoms with Crippen molar-refractivity contribution in [2.75, 3.05) is 0 Å². The highest BCUT2D eigenvalue weighted by Gasteiger charge is 2.20. The third-order valence-electron chi connectivity index (χ3n) is 8.88. The van der Waals surface area contributed by atoms with Crippen LogP contribution in [0.1, 0.15) is 11.4 Å². The van der Waals surface area contributed by atoms with Gasteiger partial charge >= 0.3 is 0 Å². The van der Waals surface area contributed by atoms with Gasteiger partial charge in [-0.15, -0.1) is 0 Å². The van der Waals surface area contributed by atoms with Crippen molar-refractivity contribution < 1.29 is 4.42 Å². The summed E-state index contributed by atoms with van der Waals surface area (Å²) in [4.78, 5) is 18.3. The smallest absolute Gasteiger partial charge is 0.141 e. The van der Waals surface area contributed by atoms with E-state index in [2.05, 4.69) is 70.6 Å². The third-order valence-corrected chi connectivity index (χ3v) is 8.88. The van der Waals surface area contributed by atoms with Crippen molar-refractivity contribution >= 4 is 43.5 Å². The molecule has 4 aromatic carbocycles. The van der Waals surface area contributed by atoms with E-state index in [1.54, 1.807) is 24.5 Å². The molecule has 0 N–H and O–H groups in total. The number of aromatic nitrogens is 4. The van der Waals surface area contributed by atoms with Gasteiger partial charge in [-0.2, -0.15) is 10.5 Å². The summed E-state index contributed by atoms with van der Waals surface area (Å²) >= 11 is 0. The predicted octanol–water partition coefficient (Wildman–Crippen LogP) is 9.88. The van der Waals surface area contributed by atoms with Gasteiger partial charge in [0.1, 0.15) is 34.7 Å². The summed E-state index contributed by atoms with van der Waals surface area (Å²) < 4.78 is 6.74. The number of hydrogen-bond acceptors (Lipinski definition) is 7. The van der Waals surface area contributed by atoms with E-state index in [0.29, 0.717) is 11.4 Å². The molecule has 0 fully saturated rings. The topological polar surface area (TPSA) is 112 Å². The lowest BCUT2D eigenvalue weighted by Gasteiger charge is -2.11. The summed E-state index contributed by atoms with van der Waals surface area (Å²) in [5, 5.41) is 25.1.